The highest BCUT2D eigenvalue weighted by molar-refractivity contribution is 7.89. The van der Waals surface area contributed by atoms with Crippen LogP contribution in [0.3, 0.4) is 0 Å². The molecule has 2 aromatic rings. The molecule has 1 fully saturated rings. The van der Waals surface area contributed by atoms with Crippen molar-refractivity contribution in [2.75, 3.05) is 18.4 Å². The summed E-state index contributed by atoms with van der Waals surface area (Å²) in [5.74, 6) is -0.451. The zero-order valence-electron chi connectivity index (χ0n) is 15.7. The highest BCUT2D eigenvalue weighted by atomic mass is 35.5. The van der Waals surface area contributed by atoms with Crippen LogP contribution in [0.2, 0.25) is 10.0 Å². The van der Waals surface area contributed by atoms with Crippen LogP contribution >= 0.6 is 23.2 Å². The van der Waals surface area contributed by atoms with Crippen LogP contribution in [-0.4, -0.2) is 31.7 Å². The molecule has 0 saturated carbocycles. The lowest BCUT2D eigenvalue weighted by atomic mass is 9.97. The van der Waals surface area contributed by atoms with Crippen molar-refractivity contribution < 1.29 is 13.2 Å². The SMILES string of the molecule is Cc1ccc(S(=O)(=O)N2CCC(C(=O)Nc3cccc(Cl)c3Cl)CC2)c(C)c1. The van der Waals surface area contributed by atoms with Crippen molar-refractivity contribution in [3.05, 3.63) is 57.6 Å². The Morgan fingerprint density at radius 3 is 2.43 bits per heavy atom. The van der Waals surface area contributed by atoms with Crippen LogP contribution in [0, 0.1) is 19.8 Å². The number of rotatable bonds is 4. The van der Waals surface area contributed by atoms with E-state index >= 15 is 0 Å². The van der Waals surface area contributed by atoms with Gasteiger partial charge in [-0.2, -0.15) is 4.31 Å². The Morgan fingerprint density at radius 1 is 1.11 bits per heavy atom. The number of amides is 1. The van der Waals surface area contributed by atoms with Gasteiger partial charge in [-0.25, -0.2) is 8.42 Å². The van der Waals surface area contributed by atoms with Gasteiger partial charge in [0, 0.05) is 19.0 Å². The van der Waals surface area contributed by atoms with E-state index in [1.54, 1.807) is 37.3 Å². The lowest BCUT2D eigenvalue weighted by Crippen LogP contribution is -2.41. The van der Waals surface area contributed by atoms with Crippen molar-refractivity contribution in [1.29, 1.82) is 0 Å². The number of halogens is 2. The molecule has 28 heavy (non-hydrogen) atoms. The molecule has 3 rings (SSSR count). The zero-order valence-corrected chi connectivity index (χ0v) is 18.0. The molecule has 0 aliphatic carbocycles. The third-order valence-corrected chi connectivity index (χ3v) is 7.86. The van der Waals surface area contributed by atoms with Gasteiger partial charge in [0.2, 0.25) is 15.9 Å². The Balaban J connectivity index is 1.67. The molecule has 8 heteroatoms. The summed E-state index contributed by atoms with van der Waals surface area (Å²) in [5, 5.41) is 3.47. The monoisotopic (exact) mass is 440 g/mol. The second kappa shape index (κ2) is 8.41. The molecule has 1 heterocycles. The maximum absolute atomic E-state index is 13.0. The van der Waals surface area contributed by atoms with Crippen molar-refractivity contribution in [3.63, 3.8) is 0 Å². The number of benzene rings is 2. The Bertz CT molecular complexity index is 1000. The molecule has 1 aliphatic heterocycles. The van der Waals surface area contributed by atoms with Gasteiger partial charge in [0.15, 0.2) is 0 Å². The molecule has 150 valence electrons. The number of nitrogens with zero attached hydrogens (tertiary/aromatic N) is 1. The molecule has 0 atom stereocenters. The third-order valence-electron chi connectivity index (χ3n) is 4.98. The molecule has 0 bridgehead atoms. The number of anilines is 1. The summed E-state index contributed by atoms with van der Waals surface area (Å²) in [6.45, 7) is 4.34. The average Bonchev–Trinajstić information content (AvgIpc) is 2.65. The number of carbonyl (C=O) groups is 1. The molecule has 1 N–H and O–H groups in total. The Kier molecular flexibility index (Phi) is 6.34. The summed E-state index contributed by atoms with van der Waals surface area (Å²) in [6.07, 6.45) is 0.905. The molecule has 1 saturated heterocycles. The number of piperidine rings is 1. The van der Waals surface area contributed by atoms with E-state index in [9.17, 15) is 13.2 Å². The van der Waals surface area contributed by atoms with Crippen molar-refractivity contribution in [3.8, 4) is 0 Å². The molecule has 0 spiro atoms. The first kappa shape index (κ1) is 21.1. The van der Waals surface area contributed by atoms with E-state index < -0.39 is 10.0 Å². The van der Waals surface area contributed by atoms with Crippen molar-refractivity contribution in [2.45, 2.75) is 31.6 Å². The van der Waals surface area contributed by atoms with Gasteiger partial charge in [0.1, 0.15) is 0 Å². The van der Waals surface area contributed by atoms with E-state index in [0.717, 1.165) is 11.1 Å². The fourth-order valence-electron chi connectivity index (χ4n) is 3.42. The predicted molar refractivity (Wildman–Crippen MR) is 112 cm³/mol. The van der Waals surface area contributed by atoms with Gasteiger partial charge in [-0.05, 0) is 50.5 Å². The second-order valence-electron chi connectivity index (χ2n) is 7.04. The maximum Gasteiger partial charge on any atom is 0.243 e. The summed E-state index contributed by atoms with van der Waals surface area (Å²) in [7, 11) is -3.57. The number of nitrogens with one attached hydrogen (secondary N) is 1. The van der Waals surface area contributed by atoms with Crippen LogP contribution in [0.25, 0.3) is 0 Å². The zero-order chi connectivity index (χ0) is 20.5. The van der Waals surface area contributed by atoms with Crippen LogP contribution in [0.4, 0.5) is 5.69 Å². The van der Waals surface area contributed by atoms with Gasteiger partial charge >= 0.3 is 0 Å². The quantitative estimate of drug-likeness (QED) is 0.751. The van der Waals surface area contributed by atoms with Crippen LogP contribution in [-0.2, 0) is 14.8 Å². The summed E-state index contributed by atoms with van der Waals surface area (Å²) >= 11 is 12.1. The van der Waals surface area contributed by atoms with E-state index in [0.29, 0.717) is 46.6 Å². The topological polar surface area (TPSA) is 66.5 Å². The van der Waals surface area contributed by atoms with Crippen LogP contribution < -0.4 is 5.32 Å². The maximum atomic E-state index is 13.0. The molecular weight excluding hydrogens is 419 g/mol. The molecule has 0 aromatic heterocycles. The number of hydrogen-bond donors (Lipinski definition) is 1. The van der Waals surface area contributed by atoms with Gasteiger partial charge in [0.25, 0.3) is 0 Å². The normalized spacial score (nSPS) is 16.1. The minimum absolute atomic E-state index is 0.173. The second-order valence-corrected chi connectivity index (χ2v) is 9.73. The minimum atomic E-state index is -3.57. The van der Waals surface area contributed by atoms with Gasteiger partial charge in [-0.15, -0.1) is 0 Å². The van der Waals surface area contributed by atoms with E-state index in [4.69, 9.17) is 23.2 Å². The summed E-state index contributed by atoms with van der Waals surface area (Å²) in [4.78, 5) is 12.9. The molecule has 0 unspecified atom stereocenters. The first-order valence-electron chi connectivity index (χ1n) is 9.02. The van der Waals surface area contributed by atoms with Crippen LogP contribution in [0.1, 0.15) is 24.0 Å². The minimum Gasteiger partial charge on any atom is -0.324 e. The largest absolute Gasteiger partial charge is 0.324 e. The number of carbonyl (C=O) groups excluding carboxylic acids is 1. The highest BCUT2D eigenvalue weighted by Crippen LogP contribution is 2.31. The lowest BCUT2D eigenvalue weighted by Gasteiger charge is -2.31. The highest BCUT2D eigenvalue weighted by Gasteiger charge is 2.33. The Hall–Kier alpha value is -1.60. The van der Waals surface area contributed by atoms with Gasteiger partial charge in [-0.3, -0.25) is 4.79 Å². The fraction of sp³-hybridized carbons (Fsp3) is 0.350. The van der Waals surface area contributed by atoms with Crippen LogP contribution in [0.5, 0.6) is 0 Å². The number of sulfonamides is 1. The Morgan fingerprint density at radius 2 is 1.79 bits per heavy atom. The first-order valence-corrected chi connectivity index (χ1v) is 11.2. The number of aryl methyl sites for hydroxylation is 2. The van der Waals surface area contributed by atoms with Crippen molar-refractivity contribution >= 4 is 44.8 Å². The molecule has 0 radical (unpaired) electrons. The standard InChI is InChI=1S/C20H22Cl2N2O3S/c1-13-6-7-18(14(2)12-13)28(26,27)24-10-8-15(9-11-24)20(25)23-17-5-3-4-16(21)19(17)22/h3-7,12,15H,8-11H2,1-2H3,(H,23,25). The molecule has 2 aromatic carbocycles. The molecule has 5 nitrogen and oxygen atoms in total. The van der Waals surface area contributed by atoms with E-state index in [1.165, 1.54) is 4.31 Å². The summed E-state index contributed by atoms with van der Waals surface area (Å²) in [6, 6.07) is 10.4. The summed E-state index contributed by atoms with van der Waals surface area (Å²) in [5.41, 5.74) is 2.21. The van der Waals surface area contributed by atoms with Gasteiger partial charge in [0.05, 0.1) is 20.6 Å². The number of hydrogen-bond acceptors (Lipinski definition) is 3. The van der Waals surface area contributed by atoms with Crippen molar-refractivity contribution in [1.82, 2.24) is 4.31 Å². The summed E-state index contributed by atoms with van der Waals surface area (Å²) < 4.78 is 27.4. The van der Waals surface area contributed by atoms with E-state index in [2.05, 4.69) is 5.32 Å². The lowest BCUT2D eigenvalue weighted by molar-refractivity contribution is -0.120. The van der Waals surface area contributed by atoms with E-state index in [1.807, 2.05) is 13.0 Å². The molecule has 1 aliphatic rings. The van der Waals surface area contributed by atoms with E-state index in [-0.39, 0.29) is 11.8 Å². The first-order chi connectivity index (χ1) is 13.2. The Labute approximate surface area is 175 Å². The van der Waals surface area contributed by atoms with Gasteiger partial charge < -0.3 is 5.32 Å². The van der Waals surface area contributed by atoms with Crippen LogP contribution in [0.15, 0.2) is 41.3 Å². The smallest absolute Gasteiger partial charge is 0.243 e. The van der Waals surface area contributed by atoms with Crippen molar-refractivity contribution in [2.24, 2.45) is 5.92 Å². The molecule has 1 amide bonds. The molecular formula is C20H22Cl2N2O3S. The third kappa shape index (κ3) is 4.35. The fourth-order valence-corrected chi connectivity index (χ4v) is 5.44. The predicted octanol–water partition coefficient (Wildman–Crippen LogP) is 4.65. The average molecular weight is 441 g/mol. The van der Waals surface area contributed by atoms with Gasteiger partial charge in [-0.1, -0.05) is 47.0 Å².